The van der Waals surface area contributed by atoms with Crippen molar-refractivity contribution < 1.29 is 4.79 Å². The zero-order valence-electron chi connectivity index (χ0n) is 15.6. The first-order valence-corrected chi connectivity index (χ1v) is 9.17. The van der Waals surface area contributed by atoms with Crippen LogP contribution in [0.3, 0.4) is 0 Å². The van der Waals surface area contributed by atoms with Crippen molar-refractivity contribution in [3.05, 3.63) is 23.3 Å². The molecule has 25 heavy (non-hydrogen) atoms. The van der Waals surface area contributed by atoms with E-state index < -0.39 is 0 Å². The van der Waals surface area contributed by atoms with Crippen LogP contribution in [0.5, 0.6) is 0 Å². The van der Waals surface area contributed by atoms with Gasteiger partial charge >= 0.3 is 0 Å². The van der Waals surface area contributed by atoms with Crippen LogP contribution in [-0.2, 0) is 0 Å². The lowest BCUT2D eigenvalue weighted by Crippen LogP contribution is -2.43. The fourth-order valence-electron chi connectivity index (χ4n) is 3.56. The minimum Gasteiger partial charge on any atom is -0.348 e. The predicted molar refractivity (Wildman–Crippen MR) is 96.6 cm³/mol. The molecule has 1 N–H and O–H groups in total. The molecule has 0 aromatic carbocycles. The summed E-state index contributed by atoms with van der Waals surface area (Å²) in [5, 5.41) is 7.34. The first-order valence-electron chi connectivity index (χ1n) is 9.17. The molecule has 3 heterocycles. The summed E-state index contributed by atoms with van der Waals surface area (Å²) in [5.74, 6) is 1.04. The lowest BCUT2D eigenvalue weighted by molar-refractivity contribution is 0.0923. The minimum atomic E-state index is -0.226. The van der Waals surface area contributed by atoms with Crippen LogP contribution in [-0.4, -0.2) is 56.1 Å². The van der Waals surface area contributed by atoms with Crippen molar-refractivity contribution in [1.29, 1.82) is 0 Å². The Morgan fingerprint density at radius 2 is 1.96 bits per heavy atom. The molecular formula is C18H28N6O. The summed E-state index contributed by atoms with van der Waals surface area (Å²) >= 11 is 0. The van der Waals surface area contributed by atoms with Gasteiger partial charge in [-0.25, -0.2) is 9.50 Å². The monoisotopic (exact) mass is 344 g/mol. The quantitative estimate of drug-likeness (QED) is 0.867. The molecule has 0 saturated carbocycles. The third-order valence-corrected chi connectivity index (χ3v) is 4.72. The Kier molecular flexibility index (Phi) is 5.32. The van der Waals surface area contributed by atoms with Crippen LogP contribution in [0, 0.1) is 19.8 Å². The number of rotatable bonds is 6. The predicted octanol–water partition coefficient (Wildman–Crippen LogP) is 1.98. The van der Waals surface area contributed by atoms with Gasteiger partial charge in [0.1, 0.15) is 0 Å². The summed E-state index contributed by atoms with van der Waals surface area (Å²) < 4.78 is 1.62. The van der Waals surface area contributed by atoms with E-state index in [1.807, 2.05) is 19.9 Å². The van der Waals surface area contributed by atoms with Gasteiger partial charge in [0.05, 0.1) is 0 Å². The van der Waals surface area contributed by atoms with Crippen molar-refractivity contribution in [3.63, 3.8) is 0 Å². The molecule has 7 nitrogen and oxygen atoms in total. The van der Waals surface area contributed by atoms with Gasteiger partial charge in [0, 0.05) is 24.0 Å². The largest absolute Gasteiger partial charge is 0.348 e. The molecule has 7 heteroatoms. The van der Waals surface area contributed by atoms with Gasteiger partial charge in [0.25, 0.3) is 11.7 Å². The summed E-state index contributed by atoms with van der Waals surface area (Å²) in [6.07, 6.45) is 3.58. The van der Waals surface area contributed by atoms with E-state index in [4.69, 9.17) is 0 Å². The van der Waals surface area contributed by atoms with Crippen LogP contribution in [0.2, 0.25) is 0 Å². The Balaban J connectivity index is 1.69. The molecule has 0 radical (unpaired) electrons. The van der Waals surface area contributed by atoms with E-state index in [0.717, 1.165) is 30.9 Å². The first kappa shape index (κ1) is 17.8. The van der Waals surface area contributed by atoms with Gasteiger partial charge in [0.15, 0.2) is 0 Å². The van der Waals surface area contributed by atoms with Crippen LogP contribution >= 0.6 is 0 Å². The van der Waals surface area contributed by atoms with Crippen molar-refractivity contribution in [2.75, 3.05) is 19.6 Å². The molecule has 136 valence electrons. The normalized spacial score (nSPS) is 16.7. The second-order valence-electron chi connectivity index (χ2n) is 7.42. The third-order valence-electron chi connectivity index (χ3n) is 4.72. The van der Waals surface area contributed by atoms with Gasteiger partial charge in [-0.1, -0.05) is 13.8 Å². The molecule has 1 atom stereocenters. The van der Waals surface area contributed by atoms with Gasteiger partial charge in [-0.3, -0.25) is 9.69 Å². The number of aromatic nitrogens is 4. The van der Waals surface area contributed by atoms with Crippen molar-refractivity contribution in [2.45, 2.75) is 53.0 Å². The van der Waals surface area contributed by atoms with Crippen molar-refractivity contribution in [1.82, 2.24) is 29.8 Å². The number of nitrogens with one attached hydrogen (secondary N) is 1. The zero-order chi connectivity index (χ0) is 18.0. The summed E-state index contributed by atoms with van der Waals surface area (Å²) in [7, 11) is 0. The maximum absolute atomic E-state index is 12.5. The highest BCUT2D eigenvalue weighted by molar-refractivity contribution is 5.90. The third kappa shape index (κ3) is 4.15. The highest BCUT2D eigenvalue weighted by Gasteiger charge is 2.24. The van der Waals surface area contributed by atoms with E-state index in [-0.39, 0.29) is 11.7 Å². The number of likely N-dealkylation sites (tertiary alicyclic amines) is 1. The number of hydrogen-bond acceptors (Lipinski definition) is 5. The van der Waals surface area contributed by atoms with E-state index in [9.17, 15) is 4.79 Å². The Morgan fingerprint density at radius 1 is 1.24 bits per heavy atom. The maximum Gasteiger partial charge on any atom is 0.291 e. The number of hydrogen-bond donors (Lipinski definition) is 1. The minimum absolute atomic E-state index is 0.186. The molecule has 2 aromatic heterocycles. The van der Waals surface area contributed by atoms with Gasteiger partial charge in [-0.05, 0) is 58.2 Å². The molecule has 0 aliphatic carbocycles. The number of aryl methyl sites for hydroxylation is 2. The van der Waals surface area contributed by atoms with E-state index in [1.165, 1.54) is 12.8 Å². The van der Waals surface area contributed by atoms with Gasteiger partial charge < -0.3 is 5.32 Å². The Hall–Kier alpha value is -2.02. The molecule has 0 unspecified atom stereocenters. The Bertz CT molecular complexity index is 747. The lowest BCUT2D eigenvalue weighted by atomic mass is 10.0. The summed E-state index contributed by atoms with van der Waals surface area (Å²) in [6, 6.07) is 2.31. The Labute approximate surface area is 148 Å². The molecule has 0 spiro atoms. The van der Waals surface area contributed by atoms with E-state index >= 15 is 0 Å². The summed E-state index contributed by atoms with van der Waals surface area (Å²) in [5.41, 5.74) is 1.79. The average Bonchev–Trinajstić information content (AvgIpc) is 3.19. The van der Waals surface area contributed by atoms with Crippen molar-refractivity contribution >= 4 is 11.7 Å². The summed E-state index contributed by atoms with van der Waals surface area (Å²) in [6.45, 7) is 11.2. The molecule has 1 fully saturated rings. The first-order chi connectivity index (χ1) is 11.9. The van der Waals surface area contributed by atoms with Crippen LogP contribution in [0.25, 0.3) is 5.78 Å². The van der Waals surface area contributed by atoms with Crippen LogP contribution < -0.4 is 5.32 Å². The molecular weight excluding hydrogens is 316 g/mol. The second-order valence-corrected chi connectivity index (χ2v) is 7.42. The van der Waals surface area contributed by atoms with Crippen LogP contribution in [0.4, 0.5) is 0 Å². The van der Waals surface area contributed by atoms with Gasteiger partial charge in [-0.2, -0.15) is 4.98 Å². The van der Waals surface area contributed by atoms with E-state index in [1.54, 1.807) is 4.52 Å². The van der Waals surface area contributed by atoms with Gasteiger partial charge in [-0.15, -0.1) is 5.10 Å². The molecule has 1 aliphatic heterocycles. The highest BCUT2D eigenvalue weighted by atomic mass is 16.2. The molecule has 1 saturated heterocycles. The van der Waals surface area contributed by atoms with E-state index in [0.29, 0.717) is 24.3 Å². The molecule has 3 rings (SSSR count). The Morgan fingerprint density at radius 3 is 2.64 bits per heavy atom. The number of carbonyl (C=O) groups is 1. The summed E-state index contributed by atoms with van der Waals surface area (Å²) in [4.78, 5) is 23.6. The molecule has 1 amide bonds. The number of fused-ring (bicyclic) bond motifs is 1. The smallest absolute Gasteiger partial charge is 0.291 e. The zero-order valence-corrected chi connectivity index (χ0v) is 15.6. The van der Waals surface area contributed by atoms with E-state index in [2.05, 4.69) is 39.1 Å². The molecule has 0 bridgehead atoms. The average molecular weight is 344 g/mol. The fraction of sp³-hybridized carbons (Fsp3) is 0.667. The topological polar surface area (TPSA) is 75.4 Å². The number of carbonyl (C=O) groups excluding carboxylic acids is 1. The fourth-order valence-corrected chi connectivity index (χ4v) is 3.56. The lowest BCUT2D eigenvalue weighted by Gasteiger charge is -2.29. The standard InChI is InChI=1S/C18H28N6O/c1-12(2)9-15(23-7-5-6-8-23)11-19-17(25)16-21-18-20-13(3)10-14(4)24(18)22-16/h10,12,15H,5-9,11H2,1-4H3,(H,19,25)/t15-/m1/s1. The van der Waals surface area contributed by atoms with Crippen LogP contribution in [0.15, 0.2) is 6.07 Å². The van der Waals surface area contributed by atoms with Crippen molar-refractivity contribution in [3.8, 4) is 0 Å². The van der Waals surface area contributed by atoms with Crippen LogP contribution in [0.1, 0.15) is 55.1 Å². The SMILES string of the molecule is Cc1cc(C)n2nc(C(=O)NC[C@@H](CC(C)C)N3CCCC3)nc2n1. The molecule has 2 aromatic rings. The number of nitrogens with zero attached hydrogens (tertiary/aromatic N) is 5. The van der Waals surface area contributed by atoms with Gasteiger partial charge in [0.2, 0.25) is 5.82 Å². The number of amides is 1. The highest BCUT2D eigenvalue weighted by Crippen LogP contribution is 2.17. The van der Waals surface area contributed by atoms with Crippen molar-refractivity contribution in [2.24, 2.45) is 5.92 Å². The second kappa shape index (κ2) is 7.47. The molecule has 1 aliphatic rings. The maximum atomic E-state index is 12.5.